The number of hydrogen-bond donors (Lipinski definition) is 1. The smallest absolute Gasteiger partial charge is 0.256 e. The first-order chi connectivity index (χ1) is 8.06. The van der Waals surface area contributed by atoms with E-state index in [1.807, 2.05) is 37.3 Å². The molecule has 0 saturated heterocycles. The molecule has 17 heavy (non-hydrogen) atoms. The Morgan fingerprint density at radius 2 is 2.00 bits per heavy atom. The van der Waals surface area contributed by atoms with E-state index in [-0.39, 0.29) is 11.9 Å². The Balaban J connectivity index is 2.78. The van der Waals surface area contributed by atoms with Crippen molar-refractivity contribution in [2.24, 2.45) is 5.73 Å². The first kappa shape index (κ1) is 13.7. The van der Waals surface area contributed by atoms with E-state index < -0.39 is 6.10 Å². The van der Waals surface area contributed by atoms with Gasteiger partial charge in [-0.05, 0) is 12.5 Å². The molecule has 2 atom stereocenters. The largest absolute Gasteiger partial charge is 0.367 e. The van der Waals surface area contributed by atoms with Crippen LogP contribution in [0.15, 0.2) is 30.3 Å². The molecule has 94 valence electrons. The van der Waals surface area contributed by atoms with E-state index in [4.69, 9.17) is 10.5 Å². The average molecular weight is 236 g/mol. The predicted octanol–water partition coefficient (Wildman–Crippen LogP) is 1.18. The number of nitrogens with zero attached hydrogens (tertiary/aromatic N) is 1. The molecule has 0 aliphatic carbocycles. The molecule has 1 aromatic carbocycles. The number of hydrogen-bond acceptors (Lipinski definition) is 3. The minimum atomic E-state index is -0.556. The Morgan fingerprint density at radius 1 is 1.41 bits per heavy atom. The van der Waals surface area contributed by atoms with Crippen molar-refractivity contribution in [3.8, 4) is 0 Å². The molecule has 1 amide bonds. The second-order valence-corrected chi connectivity index (χ2v) is 4.22. The van der Waals surface area contributed by atoms with Crippen LogP contribution >= 0.6 is 0 Å². The number of carbonyl (C=O) groups is 1. The van der Waals surface area contributed by atoms with Gasteiger partial charge in [-0.15, -0.1) is 0 Å². The Bertz CT molecular complexity index is 352. The molecule has 0 heterocycles. The van der Waals surface area contributed by atoms with Crippen molar-refractivity contribution in [1.29, 1.82) is 0 Å². The zero-order valence-electron chi connectivity index (χ0n) is 10.6. The quantitative estimate of drug-likeness (QED) is 0.835. The first-order valence-electron chi connectivity index (χ1n) is 5.64. The maximum Gasteiger partial charge on any atom is 0.256 e. The summed E-state index contributed by atoms with van der Waals surface area (Å²) in [5.74, 6) is -0.0731. The zero-order valence-corrected chi connectivity index (χ0v) is 10.6. The highest BCUT2D eigenvalue weighted by atomic mass is 16.5. The van der Waals surface area contributed by atoms with Gasteiger partial charge in [-0.3, -0.25) is 4.79 Å². The van der Waals surface area contributed by atoms with Gasteiger partial charge in [-0.1, -0.05) is 30.3 Å². The number of carbonyl (C=O) groups excluding carboxylic acids is 1. The van der Waals surface area contributed by atoms with Crippen molar-refractivity contribution >= 4 is 5.91 Å². The standard InChI is InChI=1S/C13H20N2O2/c1-10(14)9-15(2)13(16)12(17-3)11-7-5-4-6-8-11/h4-8,10,12H,9,14H2,1-3H3. The number of ether oxygens (including phenoxy) is 1. The molecule has 0 aliphatic heterocycles. The van der Waals surface area contributed by atoms with E-state index in [2.05, 4.69) is 0 Å². The Labute approximate surface area is 102 Å². The maximum absolute atomic E-state index is 12.2. The molecule has 0 saturated carbocycles. The van der Waals surface area contributed by atoms with E-state index in [0.29, 0.717) is 6.54 Å². The van der Waals surface area contributed by atoms with Crippen LogP contribution in [0.2, 0.25) is 0 Å². The van der Waals surface area contributed by atoms with Gasteiger partial charge in [-0.25, -0.2) is 0 Å². The Kier molecular flexibility index (Phi) is 5.12. The van der Waals surface area contributed by atoms with E-state index >= 15 is 0 Å². The van der Waals surface area contributed by atoms with Gasteiger partial charge in [0.05, 0.1) is 0 Å². The highest BCUT2D eigenvalue weighted by Crippen LogP contribution is 2.18. The van der Waals surface area contributed by atoms with Crippen LogP contribution < -0.4 is 5.73 Å². The highest BCUT2D eigenvalue weighted by Gasteiger charge is 2.23. The zero-order chi connectivity index (χ0) is 12.8. The summed E-state index contributed by atoms with van der Waals surface area (Å²) >= 11 is 0. The molecule has 0 bridgehead atoms. The molecule has 4 heteroatoms. The van der Waals surface area contributed by atoms with Crippen molar-refractivity contribution in [1.82, 2.24) is 4.90 Å². The summed E-state index contributed by atoms with van der Waals surface area (Å²) in [7, 11) is 3.27. The van der Waals surface area contributed by atoms with Crippen molar-refractivity contribution in [3.05, 3.63) is 35.9 Å². The van der Waals surface area contributed by atoms with Crippen LogP contribution in [0.4, 0.5) is 0 Å². The van der Waals surface area contributed by atoms with Gasteiger partial charge in [0.2, 0.25) is 0 Å². The number of likely N-dealkylation sites (N-methyl/N-ethyl adjacent to an activating group) is 1. The molecule has 0 aliphatic rings. The second kappa shape index (κ2) is 6.37. The average Bonchev–Trinajstić information content (AvgIpc) is 2.30. The minimum Gasteiger partial charge on any atom is -0.367 e. The second-order valence-electron chi connectivity index (χ2n) is 4.22. The molecule has 0 fully saturated rings. The summed E-state index contributed by atoms with van der Waals surface area (Å²) in [5, 5.41) is 0. The van der Waals surface area contributed by atoms with E-state index in [9.17, 15) is 4.79 Å². The van der Waals surface area contributed by atoms with E-state index in [0.717, 1.165) is 5.56 Å². The monoisotopic (exact) mass is 236 g/mol. The summed E-state index contributed by atoms with van der Waals surface area (Å²) in [5.41, 5.74) is 6.53. The van der Waals surface area contributed by atoms with Crippen molar-refractivity contribution in [2.45, 2.75) is 19.1 Å². The molecular formula is C13H20N2O2. The molecular weight excluding hydrogens is 216 g/mol. The van der Waals surface area contributed by atoms with Crippen molar-refractivity contribution < 1.29 is 9.53 Å². The van der Waals surface area contributed by atoms with Crippen LogP contribution in [0, 0.1) is 0 Å². The van der Waals surface area contributed by atoms with Gasteiger partial charge in [-0.2, -0.15) is 0 Å². The molecule has 1 aromatic rings. The molecule has 2 unspecified atom stereocenters. The van der Waals surface area contributed by atoms with E-state index in [1.165, 1.54) is 7.11 Å². The third-order valence-electron chi connectivity index (χ3n) is 2.50. The molecule has 0 aromatic heterocycles. The van der Waals surface area contributed by atoms with Gasteiger partial charge in [0, 0.05) is 26.7 Å². The van der Waals surface area contributed by atoms with Crippen LogP contribution in [0.3, 0.4) is 0 Å². The van der Waals surface area contributed by atoms with Gasteiger partial charge in [0.15, 0.2) is 6.10 Å². The fourth-order valence-corrected chi connectivity index (χ4v) is 1.73. The summed E-state index contributed by atoms with van der Waals surface area (Å²) in [4.78, 5) is 13.8. The Morgan fingerprint density at radius 3 is 2.47 bits per heavy atom. The normalized spacial score (nSPS) is 14.1. The highest BCUT2D eigenvalue weighted by molar-refractivity contribution is 5.82. The van der Waals surface area contributed by atoms with Crippen LogP contribution in [0.5, 0.6) is 0 Å². The lowest BCUT2D eigenvalue weighted by Crippen LogP contribution is -2.39. The number of benzene rings is 1. The maximum atomic E-state index is 12.2. The van der Waals surface area contributed by atoms with Crippen LogP contribution in [-0.4, -0.2) is 37.6 Å². The first-order valence-corrected chi connectivity index (χ1v) is 5.64. The predicted molar refractivity (Wildman–Crippen MR) is 67.5 cm³/mol. The number of amides is 1. The molecule has 4 nitrogen and oxygen atoms in total. The lowest BCUT2D eigenvalue weighted by atomic mass is 10.1. The summed E-state index contributed by atoms with van der Waals surface area (Å²) in [6, 6.07) is 9.40. The molecule has 2 N–H and O–H groups in total. The molecule has 1 rings (SSSR count). The number of methoxy groups -OCH3 is 1. The third-order valence-corrected chi connectivity index (χ3v) is 2.50. The van der Waals surface area contributed by atoms with Crippen LogP contribution in [-0.2, 0) is 9.53 Å². The summed E-state index contributed by atoms with van der Waals surface area (Å²) < 4.78 is 5.27. The molecule has 0 radical (unpaired) electrons. The van der Waals surface area contributed by atoms with Crippen molar-refractivity contribution in [2.75, 3.05) is 20.7 Å². The molecule has 0 spiro atoms. The summed E-state index contributed by atoms with van der Waals surface area (Å²) in [6.07, 6.45) is -0.556. The topological polar surface area (TPSA) is 55.6 Å². The van der Waals surface area contributed by atoms with E-state index in [1.54, 1.807) is 11.9 Å². The number of nitrogens with two attached hydrogens (primary N) is 1. The van der Waals surface area contributed by atoms with Crippen LogP contribution in [0.25, 0.3) is 0 Å². The van der Waals surface area contributed by atoms with Crippen LogP contribution in [0.1, 0.15) is 18.6 Å². The fourth-order valence-electron chi connectivity index (χ4n) is 1.73. The lowest BCUT2D eigenvalue weighted by molar-refractivity contribution is -0.141. The van der Waals surface area contributed by atoms with Gasteiger partial charge < -0.3 is 15.4 Å². The number of rotatable bonds is 5. The van der Waals surface area contributed by atoms with Crippen molar-refractivity contribution in [3.63, 3.8) is 0 Å². The lowest BCUT2D eigenvalue weighted by Gasteiger charge is -2.24. The SMILES string of the molecule is COC(C(=O)N(C)CC(C)N)c1ccccc1. The Hall–Kier alpha value is -1.39. The fraction of sp³-hybridized carbons (Fsp3) is 0.462. The minimum absolute atomic E-state index is 0.0442. The van der Waals surface area contributed by atoms with Gasteiger partial charge >= 0.3 is 0 Å². The van der Waals surface area contributed by atoms with Gasteiger partial charge in [0.1, 0.15) is 0 Å². The third kappa shape index (κ3) is 3.84. The summed E-state index contributed by atoms with van der Waals surface area (Å²) in [6.45, 7) is 2.39. The van der Waals surface area contributed by atoms with Gasteiger partial charge in [0.25, 0.3) is 5.91 Å².